The average Bonchev–Trinajstić information content (AvgIpc) is 4.42. The summed E-state index contributed by atoms with van der Waals surface area (Å²) in [5.74, 6) is 1.29. The molecule has 4 aromatic heterocycles. The lowest BCUT2D eigenvalue weighted by Gasteiger charge is -2.34. The quantitative estimate of drug-likeness (QED) is 0.0861. The maximum absolute atomic E-state index is 13.0. The Morgan fingerprint density at radius 3 is 1.57 bits per heavy atom. The molecule has 0 bridgehead atoms. The van der Waals surface area contributed by atoms with E-state index >= 15 is 0 Å². The summed E-state index contributed by atoms with van der Waals surface area (Å²) in [7, 11) is 0. The Hall–Kier alpha value is -6.73. The zero-order valence-electron chi connectivity index (χ0n) is 41.7. The zero-order valence-corrected chi connectivity index (χ0v) is 45.0. The predicted octanol–water partition coefficient (Wildman–Crippen LogP) is 16.4. The number of benzene rings is 4. The van der Waals surface area contributed by atoms with Crippen LogP contribution in [-0.4, -0.2) is 56.1 Å². The molecule has 1 N–H and O–H groups in total. The zero-order chi connectivity index (χ0) is 55.5. The molecule has 0 radical (unpaired) electrons. The number of aromatic nitrogens is 4. The molecule has 14 nitrogen and oxygen atoms in total. The van der Waals surface area contributed by atoms with Gasteiger partial charge < -0.3 is 33.1 Å². The van der Waals surface area contributed by atoms with Gasteiger partial charge in [0.25, 0.3) is 0 Å². The molecule has 4 saturated carbocycles. The highest BCUT2D eigenvalue weighted by atomic mass is 79.9. The summed E-state index contributed by atoms with van der Waals surface area (Å²) in [5.41, 5.74) is 4.15. The number of Topliss-reactive ketones (excluding diaryl/α,β-unsaturated/α-hetero) is 1. The number of carbonyl (C=O) groups excluding carboxylic acids is 1. The van der Waals surface area contributed by atoms with Crippen LogP contribution in [0.15, 0.2) is 97.9 Å². The van der Waals surface area contributed by atoms with E-state index < -0.39 is 18.3 Å². The minimum Gasteiger partial charge on any atom is -0.405 e. The van der Waals surface area contributed by atoms with E-state index in [4.69, 9.17) is 31.7 Å². The van der Waals surface area contributed by atoms with Gasteiger partial charge in [-0.3, -0.25) is 4.79 Å². The number of rotatable bonds is 13. The van der Waals surface area contributed by atoms with Crippen LogP contribution in [0.3, 0.4) is 0 Å². The SMILES string of the molecule is O=C1CCC(OCc2c(-c3ccccc3OC(F)(F)F)noc2C2CC2)CC1.[C-]#[N+]c1ccc2nc(Br)sc2c1.[C-]#[N+]c1ccc2nc(C3(O)CCC(OCc4c(-c5ccccc5OC(F)(F)F)noc4C4CC4)CC3)sc2c1. The van der Waals surface area contributed by atoms with Crippen molar-refractivity contribution in [1.82, 2.24) is 20.3 Å². The van der Waals surface area contributed by atoms with Gasteiger partial charge in [0.2, 0.25) is 0 Å². The van der Waals surface area contributed by atoms with E-state index in [1.54, 1.807) is 47.7 Å². The van der Waals surface area contributed by atoms with Crippen molar-refractivity contribution in [3.63, 3.8) is 0 Å². The smallest absolute Gasteiger partial charge is 0.405 e. The highest BCUT2D eigenvalue weighted by Crippen LogP contribution is 2.48. The number of aliphatic hydroxyl groups is 1. The first-order valence-electron chi connectivity index (χ1n) is 25.3. The van der Waals surface area contributed by atoms with Crippen LogP contribution < -0.4 is 9.47 Å². The molecule has 12 rings (SSSR count). The van der Waals surface area contributed by atoms with Crippen LogP contribution in [-0.2, 0) is 33.1 Å². The number of hydrogen-bond donors (Lipinski definition) is 1. The molecule has 4 aromatic carbocycles. The lowest BCUT2D eigenvalue weighted by atomic mass is 9.83. The molecule has 0 saturated heterocycles. The Morgan fingerprint density at radius 2 is 1.10 bits per heavy atom. The van der Waals surface area contributed by atoms with Gasteiger partial charge in [-0.2, -0.15) is 0 Å². The van der Waals surface area contributed by atoms with Gasteiger partial charge in [-0.25, -0.2) is 19.7 Å². The predicted molar refractivity (Wildman–Crippen MR) is 284 cm³/mol. The maximum atomic E-state index is 13.0. The molecular weight excluding hydrogens is 1140 g/mol. The van der Waals surface area contributed by atoms with E-state index in [0.717, 1.165) is 50.0 Å². The van der Waals surface area contributed by atoms with Crippen LogP contribution >= 0.6 is 38.6 Å². The Kier molecular flexibility index (Phi) is 16.6. The lowest BCUT2D eigenvalue weighted by molar-refractivity contribution is -0.275. The lowest BCUT2D eigenvalue weighted by Crippen LogP contribution is -2.34. The molecule has 0 spiro atoms. The number of alkyl halides is 6. The van der Waals surface area contributed by atoms with Gasteiger partial charge in [0.15, 0.2) is 15.3 Å². The normalized spacial score (nSPS) is 18.8. The van der Waals surface area contributed by atoms with Crippen molar-refractivity contribution in [2.45, 2.75) is 133 Å². The molecular formula is C56H47BrF6N6O8S2. The number of para-hydroxylation sites is 2. The number of ketones is 1. The first-order chi connectivity index (χ1) is 37.9. The minimum absolute atomic E-state index is 0.0471. The summed E-state index contributed by atoms with van der Waals surface area (Å²) in [4.78, 5) is 27.0. The maximum Gasteiger partial charge on any atom is 0.573 e. The molecule has 79 heavy (non-hydrogen) atoms. The van der Waals surface area contributed by atoms with Gasteiger partial charge in [-0.1, -0.05) is 46.7 Å². The van der Waals surface area contributed by atoms with E-state index in [0.29, 0.717) is 96.1 Å². The van der Waals surface area contributed by atoms with Crippen LogP contribution in [0.5, 0.6) is 11.5 Å². The Balaban J connectivity index is 0.000000152. The molecule has 4 fully saturated rings. The summed E-state index contributed by atoms with van der Waals surface area (Å²) in [5, 5.41) is 20.2. The van der Waals surface area contributed by atoms with E-state index in [1.165, 1.54) is 47.7 Å². The highest BCUT2D eigenvalue weighted by Gasteiger charge is 2.40. The van der Waals surface area contributed by atoms with Crippen LogP contribution in [0.2, 0.25) is 0 Å². The largest absolute Gasteiger partial charge is 0.573 e. The standard InChI is InChI=1S/C28H24F3N3O4S.C20H20F3NO4.C8H3BrN2S/c1-32-17-8-9-21-23(14-17)39-26(33-21)27(35)12-10-18(11-13-27)36-15-20-24(34-38-25(20)16-6-7-16)19-4-2-3-5-22(19)37-28(29,30)31;21-20(22,23)27-17-4-2-1-3-15(17)18-16(19(28-24-18)12-5-6-12)11-26-14-9-7-13(25)8-10-14;1-10-5-2-3-6-7(4-5)12-8(9)11-6/h2-5,8-9,14,16,18,35H,6-7,10-13,15H2;1-4,12,14H,5-11H2;2-4H. The average molecular weight is 1190 g/mol. The van der Waals surface area contributed by atoms with Crippen molar-refractivity contribution in [1.29, 1.82) is 0 Å². The molecule has 410 valence electrons. The fourth-order valence-electron chi connectivity index (χ4n) is 9.50. The van der Waals surface area contributed by atoms with Gasteiger partial charge >= 0.3 is 12.7 Å². The number of hydrogen-bond acceptors (Lipinski definition) is 14. The Bertz CT molecular complexity index is 3560. The van der Waals surface area contributed by atoms with E-state index in [2.05, 4.69) is 55.4 Å². The Labute approximate surface area is 464 Å². The third-order valence-electron chi connectivity index (χ3n) is 13.8. The highest BCUT2D eigenvalue weighted by molar-refractivity contribution is 9.11. The van der Waals surface area contributed by atoms with Crippen LogP contribution in [0.1, 0.15) is 117 Å². The van der Waals surface area contributed by atoms with Crippen molar-refractivity contribution >= 4 is 76.2 Å². The van der Waals surface area contributed by atoms with Gasteiger partial charge in [-0.05, 0) is 129 Å². The van der Waals surface area contributed by atoms with E-state index in [1.807, 2.05) is 12.1 Å². The molecule has 23 heteroatoms. The second-order valence-corrected chi connectivity index (χ2v) is 22.8. The van der Waals surface area contributed by atoms with Crippen molar-refractivity contribution in [3.8, 4) is 34.0 Å². The van der Waals surface area contributed by atoms with Gasteiger partial charge in [0.1, 0.15) is 50.8 Å². The van der Waals surface area contributed by atoms with E-state index in [-0.39, 0.29) is 71.4 Å². The van der Waals surface area contributed by atoms with Crippen LogP contribution in [0.25, 0.3) is 52.6 Å². The fraction of sp³-hybridized carbons (Fsp3) is 0.375. The number of thiazole rings is 2. The van der Waals surface area contributed by atoms with Gasteiger partial charge in [0.05, 0.1) is 49.6 Å². The topological polar surface area (TPSA) is 161 Å². The number of carbonyl (C=O) groups is 1. The summed E-state index contributed by atoms with van der Waals surface area (Å²) < 4.78 is 112. The van der Waals surface area contributed by atoms with Crippen molar-refractivity contribution in [3.05, 3.63) is 139 Å². The summed E-state index contributed by atoms with van der Waals surface area (Å²) >= 11 is 6.25. The monoisotopic (exact) mass is 1190 g/mol. The molecule has 8 aromatic rings. The second kappa shape index (κ2) is 23.5. The summed E-state index contributed by atoms with van der Waals surface area (Å²) in [6, 6.07) is 22.6. The molecule has 4 heterocycles. The number of ether oxygens (including phenoxy) is 4. The first kappa shape index (κ1) is 55.6. The number of halogens is 7. The van der Waals surface area contributed by atoms with Crippen molar-refractivity contribution in [2.24, 2.45) is 0 Å². The summed E-state index contributed by atoms with van der Waals surface area (Å²) in [6.45, 7) is 14.3. The third-order valence-corrected chi connectivity index (χ3v) is 16.5. The van der Waals surface area contributed by atoms with Gasteiger partial charge in [-0.15, -0.1) is 49.0 Å². The molecule has 0 amide bonds. The molecule has 4 aliphatic rings. The van der Waals surface area contributed by atoms with Crippen molar-refractivity contribution in [2.75, 3.05) is 0 Å². The first-order valence-corrected chi connectivity index (χ1v) is 27.7. The number of nitrogens with zero attached hydrogens (tertiary/aromatic N) is 6. The van der Waals surface area contributed by atoms with Crippen LogP contribution in [0, 0.1) is 13.1 Å². The minimum atomic E-state index is -4.84. The molecule has 0 atom stereocenters. The van der Waals surface area contributed by atoms with Crippen LogP contribution in [0.4, 0.5) is 37.7 Å². The molecule has 4 aliphatic carbocycles. The van der Waals surface area contributed by atoms with Gasteiger partial charge in [0, 0.05) is 56.3 Å². The fourth-order valence-corrected chi connectivity index (χ4v) is 12.1. The third kappa shape index (κ3) is 13.8. The Morgan fingerprint density at radius 1 is 0.646 bits per heavy atom. The molecule has 0 unspecified atom stereocenters. The van der Waals surface area contributed by atoms with Crippen molar-refractivity contribution < 1.29 is 64.2 Å². The second-order valence-electron chi connectivity index (χ2n) is 19.5. The number of fused-ring (bicyclic) bond motifs is 2. The molecule has 0 aliphatic heterocycles. The van der Waals surface area contributed by atoms with E-state index in [9.17, 15) is 36.2 Å². The summed E-state index contributed by atoms with van der Waals surface area (Å²) in [6.07, 6.45) is -1.64.